The number of benzene rings is 1. The Morgan fingerprint density at radius 3 is 2.68 bits per heavy atom. The molecule has 3 rings (SSSR count). The number of nitrogens with one attached hydrogen (secondary N) is 1. The normalized spacial score (nSPS) is 10.9. The van der Waals surface area contributed by atoms with E-state index in [0.29, 0.717) is 0 Å². The lowest BCUT2D eigenvalue weighted by Gasteiger charge is -2.11. The van der Waals surface area contributed by atoms with E-state index in [0.717, 1.165) is 6.07 Å². The molecule has 0 unspecified atom stereocenters. The van der Waals surface area contributed by atoms with Crippen LogP contribution in [0.1, 0.15) is 5.56 Å². The van der Waals surface area contributed by atoms with Crippen molar-refractivity contribution in [3.8, 4) is 0 Å². The second-order valence-electron chi connectivity index (χ2n) is 4.48. The van der Waals surface area contributed by atoms with Crippen LogP contribution in [0.3, 0.4) is 0 Å². The van der Waals surface area contributed by atoms with Crippen LogP contribution in [0.15, 0.2) is 18.5 Å². The van der Waals surface area contributed by atoms with E-state index in [1.807, 2.05) is 0 Å². The van der Waals surface area contributed by atoms with Crippen LogP contribution in [0, 0.1) is 18.6 Å². The minimum Gasteiger partial charge on any atom is -0.382 e. The fraction of sp³-hybridized carbons (Fsp3) is 0.0769. The van der Waals surface area contributed by atoms with Crippen molar-refractivity contribution in [1.29, 1.82) is 0 Å². The van der Waals surface area contributed by atoms with Gasteiger partial charge in [0.2, 0.25) is 5.28 Å². The molecule has 22 heavy (non-hydrogen) atoms. The van der Waals surface area contributed by atoms with Crippen LogP contribution in [-0.2, 0) is 0 Å². The lowest BCUT2D eigenvalue weighted by Crippen LogP contribution is -2.05. The summed E-state index contributed by atoms with van der Waals surface area (Å²) < 4.78 is 27.9. The van der Waals surface area contributed by atoms with Crippen LogP contribution in [0.4, 0.5) is 26.1 Å². The maximum Gasteiger partial charge on any atom is 0.225 e. The molecule has 0 amide bonds. The maximum atomic E-state index is 14.1. The molecule has 0 saturated heterocycles. The smallest absolute Gasteiger partial charge is 0.225 e. The van der Waals surface area contributed by atoms with Crippen molar-refractivity contribution in [2.45, 2.75) is 6.92 Å². The first-order chi connectivity index (χ1) is 10.5. The van der Waals surface area contributed by atoms with Crippen molar-refractivity contribution in [3.05, 3.63) is 40.9 Å². The number of halogens is 3. The predicted octanol–water partition coefficient (Wildman–Crippen LogP) is 2.99. The minimum absolute atomic E-state index is 0.0469. The van der Waals surface area contributed by atoms with Gasteiger partial charge in [-0.3, -0.25) is 0 Å². The zero-order chi connectivity index (χ0) is 15.9. The number of anilines is 3. The summed E-state index contributed by atoms with van der Waals surface area (Å²) >= 11 is 5.75. The van der Waals surface area contributed by atoms with Crippen LogP contribution < -0.4 is 11.1 Å². The molecule has 0 bridgehead atoms. The Bertz CT molecular complexity index is 886. The molecule has 112 valence electrons. The average Bonchev–Trinajstić information content (AvgIpc) is 2.48. The van der Waals surface area contributed by atoms with Gasteiger partial charge >= 0.3 is 0 Å². The molecule has 2 aromatic heterocycles. The highest BCUT2D eigenvalue weighted by molar-refractivity contribution is 6.28. The van der Waals surface area contributed by atoms with Gasteiger partial charge in [-0.25, -0.2) is 23.7 Å². The van der Waals surface area contributed by atoms with Gasteiger partial charge in [0.15, 0.2) is 17.5 Å². The van der Waals surface area contributed by atoms with Crippen molar-refractivity contribution < 1.29 is 8.78 Å². The predicted molar refractivity (Wildman–Crippen MR) is 78.9 cm³/mol. The summed E-state index contributed by atoms with van der Waals surface area (Å²) in [5.41, 5.74) is 6.05. The van der Waals surface area contributed by atoms with Crippen LogP contribution in [0.25, 0.3) is 11.0 Å². The van der Waals surface area contributed by atoms with E-state index in [2.05, 4.69) is 25.3 Å². The number of nitrogens with zero attached hydrogens (tertiary/aromatic N) is 4. The molecule has 1 aromatic carbocycles. The Morgan fingerprint density at radius 1 is 1.14 bits per heavy atom. The Morgan fingerprint density at radius 2 is 1.91 bits per heavy atom. The molecule has 0 aliphatic heterocycles. The van der Waals surface area contributed by atoms with E-state index in [1.165, 1.54) is 19.3 Å². The monoisotopic (exact) mass is 322 g/mol. The van der Waals surface area contributed by atoms with Gasteiger partial charge in [0.25, 0.3) is 0 Å². The molecule has 0 saturated carbocycles. The summed E-state index contributed by atoms with van der Waals surface area (Å²) in [6, 6.07) is 2.49. The number of aromatic nitrogens is 4. The highest BCUT2D eigenvalue weighted by atomic mass is 35.5. The molecule has 9 heteroatoms. The summed E-state index contributed by atoms with van der Waals surface area (Å²) in [6.45, 7) is 1.52. The first kappa shape index (κ1) is 14.3. The molecular weight excluding hydrogens is 314 g/mol. The van der Waals surface area contributed by atoms with Crippen molar-refractivity contribution in [2.24, 2.45) is 0 Å². The van der Waals surface area contributed by atoms with E-state index in [9.17, 15) is 8.78 Å². The first-order valence-electron chi connectivity index (χ1n) is 6.12. The van der Waals surface area contributed by atoms with Gasteiger partial charge in [-0.1, -0.05) is 6.07 Å². The molecule has 0 spiro atoms. The van der Waals surface area contributed by atoms with Gasteiger partial charge in [0, 0.05) is 0 Å². The van der Waals surface area contributed by atoms with Gasteiger partial charge in [0.1, 0.15) is 28.9 Å². The summed E-state index contributed by atoms with van der Waals surface area (Å²) in [6.07, 6.45) is 1.18. The summed E-state index contributed by atoms with van der Waals surface area (Å²) in [4.78, 5) is 15.6. The third-order valence-corrected chi connectivity index (χ3v) is 3.18. The minimum atomic E-state index is -0.761. The van der Waals surface area contributed by atoms with E-state index in [-0.39, 0.29) is 39.2 Å². The Labute approximate surface area is 128 Å². The first-order valence-corrected chi connectivity index (χ1v) is 6.50. The number of hydrogen-bond donors (Lipinski definition) is 2. The molecule has 6 nitrogen and oxygen atoms in total. The SMILES string of the molecule is Cc1ccc(F)c(Nc2ncnc3c(N)nc(Cl)nc23)c1F. The molecule has 0 fully saturated rings. The molecule has 3 N–H and O–H groups in total. The van der Waals surface area contributed by atoms with E-state index in [4.69, 9.17) is 17.3 Å². The highest BCUT2D eigenvalue weighted by Crippen LogP contribution is 2.28. The largest absolute Gasteiger partial charge is 0.382 e. The second-order valence-corrected chi connectivity index (χ2v) is 4.81. The van der Waals surface area contributed by atoms with Crippen molar-refractivity contribution in [2.75, 3.05) is 11.1 Å². The third kappa shape index (κ3) is 2.37. The van der Waals surface area contributed by atoms with Gasteiger partial charge in [-0.05, 0) is 30.2 Å². The quantitative estimate of drug-likeness (QED) is 0.705. The molecule has 0 atom stereocenters. The number of nitrogen functional groups attached to an aromatic ring is 1. The lowest BCUT2D eigenvalue weighted by atomic mass is 10.2. The second kappa shape index (κ2) is 5.30. The van der Waals surface area contributed by atoms with Crippen molar-refractivity contribution in [1.82, 2.24) is 19.9 Å². The fourth-order valence-electron chi connectivity index (χ4n) is 1.92. The molecule has 2 heterocycles. The molecule has 0 aliphatic rings. The number of rotatable bonds is 2. The average molecular weight is 323 g/mol. The van der Waals surface area contributed by atoms with Crippen LogP contribution in [0.2, 0.25) is 5.28 Å². The summed E-state index contributed by atoms with van der Waals surface area (Å²) in [5.74, 6) is -1.36. The highest BCUT2D eigenvalue weighted by Gasteiger charge is 2.16. The number of fused-ring (bicyclic) bond motifs is 1. The van der Waals surface area contributed by atoms with Gasteiger partial charge in [-0.15, -0.1) is 0 Å². The number of nitrogens with two attached hydrogens (primary N) is 1. The zero-order valence-corrected chi connectivity index (χ0v) is 12.0. The standard InChI is InChI=1S/C13H9ClF2N6/c1-5-2-3-6(15)8(7(5)16)20-12-10-9(18-4-19-12)11(17)22-13(14)21-10/h2-4H,1H3,(H2,17,21,22)(H,18,19,20). The third-order valence-electron chi connectivity index (χ3n) is 3.01. The molecule has 3 aromatic rings. The summed E-state index contributed by atoms with van der Waals surface area (Å²) in [7, 11) is 0. The lowest BCUT2D eigenvalue weighted by molar-refractivity contribution is 0.585. The maximum absolute atomic E-state index is 14.1. The number of aryl methyl sites for hydroxylation is 1. The van der Waals surface area contributed by atoms with Gasteiger partial charge in [-0.2, -0.15) is 4.98 Å². The summed E-state index contributed by atoms with van der Waals surface area (Å²) in [5, 5.41) is 2.46. The van der Waals surface area contributed by atoms with Crippen molar-refractivity contribution >= 4 is 40.0 Å². The van der Waals surface area contributed by atoms with E-state index < -0.39 is 11.6 Å². The molecular formula is C13H9ClF2N6. The van der Waals surface area contributed by atoms with E-state index >= 15 is 0 Å². The fourth-order valence-corrected chi connectivity index (χ4v) is 2.10. The van der Waals surface area contributed by atoms with Gasteiger partial charge in [0.05, 0.1) is 0 Å². The Hall–Kier alpha value is -2.61. The van der Waals surface area contributed by atoms with Crippen LogP contribution >= 0.6 is 11.6 Å². The topological polar surface area (TPSA) is 89.6 Å². The van der Waals surface area contributed by atoms with Gasteiger partial charge < -0.3 is 11.1 Å². The van der Waals surface area contributed by atoms with E-state index in [1.54, 1.807) is 0 Å². The van der Waals surface area contributed by atoms with Crippen molar-refractivity contribution in [3.63, 3.8) is 0 Å². The zero-order valence-electron chi connectivity index (χ0n) is 11.2. The molecule has 0 aliphatic carbocycles. The Kier molecular flexibility index (Phi) is 3.45. The Balaban J connectivity index is 2.18. The number of hydrogen-bond acceptors (Lipinski definition) is 6. The van der Waals surface area contributed by atoms with Crippen LogP contribution in [-0.4, -0.2) is 19.9 Å². The molecule has 0 radical (unpaired) electrons. The van der Waals surface area contributed by atoms with Crippen LogP contribution in [0.5, 0.6) is 0 Å².